The molecule has 1 aliphatic rings. The van der Waals surface area contributed by atoms with Gasteiger partial charge in [-0.15, -0.1) is 0 Å². The van der Waals surface area contributed by atoms with Crippen LogP contribution in [0, 0.1) is 5.92 Å². The van der Waals surface area contributed by atoms with Crippen LogP contribution in [0.2, 0.25) is 0 Å². The van der Waals surface area contributed by atoms with Gasteiger partial charge in [0, 0.05) is 18.7 Å². The van der Waals surface area contributed by atoms with Crippen LogP contribution in [0.3, 0.4) is 0 Å². The fraction of sp³-hybridized carbons (Fsp3) is 0.611. The van der Waals surface area contributed by atoms with E-state index in [1.807, 2.05) is 12.1 Å². The van der Waals surface area contributed by atoms with Crippen LogP contribution in [-0.2, 0) is 15.3 Å². The van der Waals surface area contributed by atoms with Crippen molar-refractivity contribution in [1.82, 2.24) is 9.61 Å². The number of nitrogen functional groups attached to an aromatic ring is 1. The third-order valence-corrected chi connectivity index (χ3v) is 4.93. The summed E-state index contributed by atoms with van der Waals surface area (Å²) in [5.41, 5.74) is 7.94. The molecule has 2 aromatic heterocycles. The molecule has 6 nitrogen and oxygen atoms in total. The van der Waals surface area contributed by atoms with E-state index in [-0.39, 0.29) is 12.0 Å². The van der Waals surface area contributed by atoms with Crippen LogP contribution in [-0.4, -0.2) is 33.5 Å². The van der Waals surface area contributed by atoms with Gasteiger partial charge in [-0.05, 0) is 31.0 Å². The van der Waals surface area contributed by atoms with Crippen LogP contribution in [0.5, 0.6) is 0 Å². The molecule has 0 radical (unpaired) electrons. The van der Waals surface area contributed by atoms with Crippen molar-refractivity contribution in [2.75, 3.05) is 12.3 Å². The summed E-state index contributed by atoms with van der Waals surface area (Å²) in [5.74, 6) is -1.44. The number of aromatic nitrogens is 2. The molecule has 1 unspecified atom stereocenters. The van der Waals surface area contributed by atoms with Crippen LogP contribution in [0.15, 0.2) is 24.4 Å². The monoisotopic (exact) mass is 333 g/mol. The Morgan fingerprint density at radius 3 is 2.88 bits per heavy atom. The molecule has 1 saturated heterocycles. The summed E-state index contributed by atoms with van der Waals surface area (Å²) in [4.78, 5) is 0. The largest absolute Gasteiger partial charge is 0.397 e. The second kappa shape index (κ2) is 6.70. The minimum atomic E-state index is -1.53. The zero-order valence-electron chi connectivity index (χ0n) is 14.6. The van der Waals surface area contributed by atoms with Crippen molar-refractivity contribution in [3.8, 4) is 0 Å². The molecule has 0 spiro atoms. The minimum Gasteiger partial charge on any atom is -0.397 e. The molecule has 0 saturated carbocycles. The van der Waals surface area contributed by atoms with Crippen molar-refractivity contribution >= 4 is 11.2 Å². The molecule has 3 heterocycles. The first-order chi connectivity index (χ1) is 11.5. The predicted molar refractivity (Wildman–Crippen MR) is 92.5 cm³/mol. The van der Waals surface area contributed by atoms with E-state index in [4.69, 9.17) is 15.2 Å². The molecular formula is C18H27N3O3. The number of unbranched alkanes of at least 4 members (excludes halogenated alkanes) is 1. The van der Waals surface area contributed by atoms with Gasteiger partial charge in [0.25, 0.3) is 0 Å². The fourth-order valence-corrected chi connectivity index (χ4v) is 3.55. The van der Waals surface area contributed by atoms with Gasteiger partial charge in [0.05, 0.1) is 17.3 Å². The molecule has 4 atom stereocenters. The number of nitrogens with two attached hydrogens (primary N) is 1. The zero-order chi connectivity index (χ0) is 17.3. The minimum absolute atomic E-state index is 0.0618. The summed E-state index contributed by atoms with van der Waals surface area (Å²) in [6.07, 6.45) is 3.94. The van der Waals surface area contributed by atoms with Gasteiger partial charge >= 0.3 is 0 Å². The lowest BCUT2D eigenvalue weighted by Gasteiger charge is -2.29. The van der Waals surface area contributed by atoms with Gasteiger partial charge < -0.3 is 20.3 Å². The first kappa shape index (κ1) is 17.2. The second-order valence-corrected chi connectivity index (χ2v) is 6.57. The summed E-state index contributed by atoms with van der Waals surface area (Å²) in [7, 11) is 0. The number of anilines is 1. The maximum Gasteiger partial charge on any atom is 0.237 e. The van der Waals surface area contributed by atoms with Crippen molar-refractivity contribution in [2.24, 2.45) is 5.92 Å². The van der Waals surface area contributed by atoms with Gasteiger partial charge in [-0.2, -0.15) is 5.10 Å². The Morgan fingerprint density at radius 1 is 1.38 bits per heavy atom. The highest BCUT2D eigenvalue weighted by Gasteiger charge is 2.55. The summed E-state index contributed by atoms with van der Waals surface area (Å²) in [5, 5.41) is 15.8. The highest BCUT2D eigenvalue weighted by atomic mass is 16.7. The Morgan fingerprint density at radius 2 is 2.17 bits per heavy atom. The molecule has 3 N–H and O–H groups in total. The number of ether oxygens (including phenoxy) is 2. The third kappa shape index (κ3) is 2.68. The first-order valence-electron chi connectivity index (χ1n) is 8.77. The maximum atomic E-state index is 11.4. The zero-order valence-corrected chi connectivity index (χ0v) is 14.6. The molecule has 2 aromatic rings. The molecule has 1 aliphatic heterocycles. The second-order valence-electron chi connectivity index (χ2n) is 6.57. The van der Waals surface area contributed by atoms with Gasteiger partial charge in [-0.25, -0.2) is 4.52 Å². The normalized spacial score (nSPS) is 30.2. The number of hydrogen-bond donors (Lipinski definition) is 2. The van der Waals surface area contributed by atoms with Crippen molar-refractivity contribution in [1.29, 1.82) is 0 Å². The van der Waals surface area contributed by atoms with E-state index in [9.17, 15) is 5.11 Å². The smallest absolute Gasteiger partial charge is 0.237 e. The van der Waals surface area contributed by atoms with Gasteiger partial charge in [0.2, 0.25) is 5.79 Å². The van der Waals surface area contributed by atoms with E-state index < -0.39 is 11.9 Å². The number of fused-ring (bicyclic) bond motifs is 1. The highest BCUT2D eigenvalue weighted by molar-refractivity contribution is 5.69. The average molecular weight is 333 g/mol. The summed E-state index contributed by atoms with van der Waals surface area (Å²) < 4.78 is 13.8. The number of hydrogen-bond acceptors (Lipinski definition) is 5. The lowest BCUT2D eigenvalue weighted by atomic mass is 9.93. The molecule has 0 aromatic carbocycles. The molecule has 24 heavy (non-hydrogen) atoms. The molecule has 0 amide bonds. The first-order valence-corrected chi connectivity index (χ1v) is 8.77. The Kier molecular flexibility index (Phi) is 4.80. The van der Waals surface area contributed by atoms with E-state index in [1.165, 1.54) is 0 Å². The van der Waals surface area contributed by atoms with E-state index in [0.717, 1.165) is 24.8 Å². The average Bonchev–Trinajstić information content (AvgIpc) is 3.11. The maximum absolute atomic E-state index is 11.4. The van der Waals surface area contributed by atoms with Crippen LogP contribution in [0.4, 0.5) is 5.69 Å². The predicted octanol–water partition coefficient (Wildman–Crippen LogP) is 2.69. The number of rotatable bonds is 6. The fourth-order valence-electron chi connectivity index (χ4n) is 3.55. The van der Waals surface area contributed by atoms with Gasteiger partial charge in [0.1, 0.15) is 11.8 Å². The lowest BCUT2D eigenvalue weighted by molar-refractivity contribution is -0.249. The van der Waals surface area contributed by atoms with Crippen molar-refractivity contribution in [3.63, 3.8) is 0 Å². The van der Waals surface area contributed by atoms with Gasteiger partial charge in [-0.3, -0.25) is 0 Å². The number of aliphatic hydroxyl groups is 1. The van der Waals surface area contributed by atoms with Crippen LogP contribution in [0.25, 0.3) is 5.52 Å². The quantitative estimate of drug-likeness (QED) is 0.794. The van der Waals surface area contributed by atoms with Crippen LogP contribution < -0.4 is 5.73 Å². The van der Waals surface area contributed by atoms with Crippen molar-refractivity contribution in [3.05, 3.63) is 30.1 Å². The molecule has 6 heteroatoms. The number of nitrogens with zero attached hydrogens (tertiary/aromatic N) is 2. The molecular weight excluding hydrogens is 306 g/mol. The molecule has 3 rings (SSSR count). The van der Waals surface area contributed by atoms with Crippen molar-refractivity contribution in [2.45, 2.75) is 58.0 Å². The topological polar surface area (TPSA) is 82.0 Å². The SMILES string of the molecule is CCCCO[C@@H]1[C@H](C)[C@@H](CC)OC1(O)c1ccc2c(N)ccnn12. The van der Waals surface area contributed by atoms with Gasteiger partial charge in [0.15, 0.2) is 0 Å². The Bertz CT molecular complexity index is 702. The van der Waals surface area contributed by atoms with E-state index >= 15 is 0 Å². The summed E-state index contributed by atoms with van der Waals surface area (Å²) in [6, 6.07) is 5.41. The van der Waals surface area contributed by atoms with Crippen LogP contribution >= 0.6 is 0 Å². The van der Waals surface area contributed by atoms with E-state index in [2.05, 4.69) is 25.9 Å². The Balaban J connectivity index is 2.01. The Hall–Kier alpha value is -1.63. The molecule has 0 bridgehead atoms. The van der Waals surface area contributed by atoms with E-state index in [1.54, 1.807) is 16.8 Å². The summed E-state index contributed by atoms with van der Waals surface area (Å²) >= 11 is 0. The standard InChI is InChI=1S/C18H27N3O3/c1-4-6-11-23-17-12(3)15(5-2)24-18(17,22)16-8-7-14-13(19)9-10-20-21(14)16/h7-10,12,15,17,22H,4-6,11,19H2,1-3H3/t12-,15-,17-,18?/m1/s1. The molecule has 1 fully saturated rings. The van der Waals surface area contributed by atoms with Crippen LogP contribution in [0.1, 0.15) is 45.7 Å². The third-order valence-electron chi connectivity index (χ3n) is 4.93. The molecule has 0 aliphatic carbocycles. The highest BCUT2D eigenvalue weighted by Crippen LogP contribution is 2.44. The summed E-state index contributed by atoms with van der Waals surface area (Å²) in [6.45, 7) is 6.85. The van der Waals surface area contributed by atoms with E-state index in [0.29, 0.717) is 18.0 Å². The van der Waals surface area contributed by atoms with Crippen molar-refractivity contribution < 1.29 is 14.6 Å². The molecule has 132 valence electrons. The Labute approximate surface area is 142 Å². The van der Waals surface area contributed by atoms with Gasteiger partial charge in [-0.1, -0.05) is 27.2 Å². The lowest BCUT2D eigenvalue weighted by Crippen LogP contribution is -2.41.